The number of ether oxygens (including phenoxy) is 2. The zero-order valence-electron chi connectivity index (χ0n) is 12.6. The van der Waals surface area contributed by atoms with Crippen molar-refractivity contribution in [2.24, 2.45) is 0 Å². The quantitative estimate of drug-likeness (QED) is 0.453. The molecule has 0 aliphatic carbocycles. The molecule has 2 aromatic rings. The fourth-order valence-corrected chi connectivity index (χ4v) is 2.06. The standard InChI is InChI=1S/C17H14N4O3/c18-8-11(17(22)21-13-3-1-12(19)2-4-13)9-20-14-5-6-15-16(7-14)24-10-23-15/h1-7,9,20H,10,19H2,(H,21,22)/b11-9-. The molecule has 4 N–H and O–H groups in total. The molecule has 24 heavy (non-hydrogen) atoms. The Morgan fingerprint density at radius 3 is 2.58 bits per heavy atom. The van der Waals surface area contributed by atoms with Gasteiger partial charge in [-0.25, -0.2) is 0 Å². The highest BCUT2D eigenvalue weighted by molar-refractivity contribution is 6.06. The first-order chi connectivity index (χ1) is 11.7. The van der Waals surface area contributed by atoms with E-state index in [-0.39, 0.29) is 12.4 Å². The Bertz CT molecular complexity index is 838. The second-order valence-electron chi connectivity index (χ2n) is 4.96. The summed E-state index contributed by atoms with van der Waals surface area (Å²) in [6.07, 6.45) is 1.34. The van der Waals surface area contributed by atoms with Crippen molar-refractivity contribution in [3.63, 3.8) is 0 Å². The number of hydrogen-bond acceptors (Lipinski definition) is 6. The van der Waals surface area contributed by atoms with Gasteiger partial charge >= 0.3 is 0 Å². The third-order valence-electron chi connectivity index (χ3n) is 3.29. The summed E-state index contributed by atoms with van der Waals surface area (Å²) in [6.45, 7) is 0.183. The predicted molar refractivity (Wildman–Crippen MR) is 89.4 cm³/mol. The number of nitrogens with zero attached hydrogens (tertiary/aromatic N) is 1. The molecule has 7 heteroatoms. The van der Waals surface area contributed by atoms with Crippen molar-refractivity contribution in [2.45, 2.75) is 0 Å². The van der Waals surface area contributed by atoms with E-state index in [1.807, 2.05) is 6.07 Å². The molecule has 1 aliphatic rings. The van der Waals surface area contributed by atoms with Gasteiger partial charge in [0.15, 0.2) is 11.5 Å². The second kappa shape index (κ2) is 6.62. The molecule has 0 unspecified atom stereocenters. The lowest BCUT2D eigenvalue weighted by atomic mass is 10.2. The molecule has 1 amide bonds. The maximum absolute atomic E-state index is 12.1. The van der Waals surface area contributed by atoms with Crippen molar-refractivity contribution in [3.05, 3.63) is 54.2 Å². The summed E-state index contributed by atoms with van der Waals surface area (Å²) >= 11 is 0. The van der Waals surface area contributed by atoms with Gasteiger partial charge in [0, 0.05) is 29.3 Å². The minimum Gasteiger partial charge on any atom is -0.454 e. The fraction of sp³-hybridized carbons (Fsp3) is 0.0588. The largest absolute Gasteiger partial charge is 0.454 e. The summed E-state index contributed by atoms with van der Waals surface area (Å²) in [5.41, 5.74) is 7.34. The molecule has 0 spiro atoms. The Morgan fingerprint density at radius 2 is 1.83 bits per heavy atom. The van der Waals surface area contributed by atoms with E-state index in [4.69, 9.17) is 20.5 Å². The monoisotopic (exact) mass is 322 g/mol. The maximum Gasteiger partial charge on any atom is 0.267 e. The fourth-order valence-electron chi connectivity index (χ4n) is 2.06. The van der Waals surface area contributed by atoms with Crippen LogP contribution in [0.5, 0.6) is 11.5 Å². The summed E-state index contributed by atoms with van der Waals surface area (Å²) in [4.78, 5) is 12.1. The summed E-state index contributed by atoms with van der Waals surface area (Å²) in [5.74, 6) is 0.750. The normalized spacial score (nSPS) is 12.4. The molecule has 0 aromatic heterocycles. The highest BCUT2D eigenvalue weighted by atomic mass is 16.7. The third-order valence-corrected chi connectivity index (χ3v) is 3.29. The number of rotatable bonds is 4. The molecule has 0 saturated heterocycles. The molecule has 7 nitrogen and oxygen atoms in total. The van der Waals surface area contributed by atoms with E-state index in [0.29, 0.717) is 28.6 Å². The van der Waals surface area contributed by atoms with Crippen molar-refractivity contribution < 1.29 is 14.3 Å². The van der Waals surface area contributed by atoms with E-state index >= 15 is 0 Å². The highest BCUT2D eigenvalue weighted by Gasteiger charge is 2.13. The van der Waals surface area contributed by atoms with E-state index < -0.39 is 5.91 Å². The zero-order valence-corrected chi connectivity index (χ0v) is 12.6. The van der Waals surface area contributed by atoms with Crippen LogP contribution in [0.4, 0.5) is 17.1 Å². The number of amides is 1. The van der Waals surface area contributed by atoms with Gasteiger partial charge in [-0.2, -0.15) is 5.26 Å². The molecule has 120 valence electrons. The van der Waals surface area contributed by atoms with Crippen LogP contribution < -0.4 is 25.8 Å². The molecule has 0 saturated carbocycles. The van der Waals surface area contributed by atoms with Crippen LogP contribution in [0.3, 0.4) is 0 Å². The summed E-state index contributed by atoms with van der Waals surface area (Å²) in [5, 5.41) is 14.7. The second-order valence-corrected chi connectivity index (χ2v) is 4.96. The number of nitrogens with one attached hydrogen (secondary N) is 2. The minimum atomic E-state index is -0.518. The number of anilines is 3. The number of carbonyl (C=O) groups excluding carboxylic acids is 1. The third kappa shape index (κ3) is 3.39. The lowest BCUT2D eigenvalue weighted by Gasteiger charge is -2.06. The van der Waals surface area contributed by atoms with Crippen molar-refractivity contribution in [2.75, 3.05) is 23.2 Å². The number of nitrogen functional groups attached to an aromatic ring is 1. The molecule has 0 radical (unpaired) electrons. The van der Waals surface area contributed by atoms with Gasteiger partial charge in [0.1, 0.15) is 11.6 Å². The van der Waals surface area contributed by atoms with Crippen LogP contribution >= 0.6 is 0 Å². The van der Waals surface area contributed by atoms with Crippen LogP contribution in [-0.4, -0.2) is 12.7 Å². The number of nitrogens with two attached hydrogens (primary N) is 1. The molecule has 2 aromatic carbocycles. The van der Waals surface area contributed by atoms with Gasteiger partial charge < -0.3 is 25.8 Å². The van der Waals surface area contributed by atoms with Gasteiger partial charge in [-0.15, -0.1) is 0 Å². The molecular weight excluding hydrogens is 308 g/mol. The summed E-state index contributed by atoms with van der Waals surface area (Å²) < 4.78 is 10.5. The Balaban J connectivity index is 1.68. The average molecular weight is 322 g/mol. The first-order valence-electron chi connectivity index (χ1n) is 7.09. The Kier molecular flexibility index (Phi) is 4.21. The van der Waals surface area contributed by atoms with E-state index in [1.165, 1.54) is 6.20 Å². The van der Waals surface area contributed by atoms with Gasteiger partial charge in [0.25, 0.3) is 5.91 Å². The van der Waals surface area contributed by atoms with Gasteiger partial charge in [-0.3, -0.25) is 4.79 Å². The SMILES string of the molecule is N#C/C(=C/Nc1ccc2c(c1)OCO2)C(=O)Nc1ccc(N)cc1. The van der Waals surface area contributed by atoms with E-state index in [0.717, 1.165) is 0 Å². The van der Waals surface area contributed by atoms with Crippen molar-refractivity contribution in [1.82, 2.24) is 0 Å². The number of hydrogen-bond donors (Lipinski definition) is 3. The smallest absolute Gasteiger partial charge is 0.267 e. The molecular formula is C17H14N4O3. The predicted octanol–water partition coefficient (Wildman–Crippen LogP) is 2.46. The van der Waals surface area contributed by atoms with Crippen LogP contribution in [0.2, 0.25) is 0 Å². The van der Waals surface area contributed by atoms with Gasteiger partial charge in [-0.1, -0.05) is 0 Å². The molecule has 1 heterocycles. The van der Waals surface area contributed by atoms with Crippen LogP contribution in [0, 0.1) is 11.3 Å². The Labute approximate surface area is 138 Å². The topological polar surface area (TPSA) is 109 Å². The van der Waals surface area contributed by atoms with Crippen LogP contribution in [0.15, 0.2) is 54.2 Å². The molecule has 0 bridgehead atoms. The lowest BCUT2D eigenvalue weighted by Crippen LogP contribution is -2.14. The van der Waals surface area contributed by atoms with Crippen LogP contribution in [0.1, 0.15) is 0 Å². The van der Waals surface area contributed by atoms with Crippen molar-refractivity contribution in [3.8, 4) is 17.6 Å². The minimum absolute atomic E-state index is 0.0653. The first kappa shape index (κ1) is 15.2. The van der Waals surface area contributed by atoms with Gasteiger partial charge in [0.05, 0.1) is 0 Å². The van der Waals surface area contributed by atoms with Gasteiger partial charge in [0.2, 0.25) is 6.79 Å². The zero-order chi connectivity index (χ0) is 16.9. The van der Waals surface area contributed by atoms with Crippen LogP contribution in [-0.2, 0) is 4.79 Å². The molecule has 3 rings (SSSR count). The highest BCUT2D eigenvalue weighted by Crippen LogP contribution is 2.34. The molecule has 0 atom stereocenters. The van der Waals surface area contributed by atoms with Gasteiger partial charge in [-0.05, 0) is 36.4 Å². The molecule has 0 fully saturated rings. The number of fused-ring (bicyclic) bond motifs is 1. The average Bonchev–Trinajstić information content (AvgIpc) is 3.05. The summed E-state index contributed by atoms with van der Waals surface area (Å²) in [6, 6.07) is 13.7. The first-order valence-corrected chi connectivity index (χ1v) is 7.09. The van der Waals surface area contributed by atoms with E-state index in [9.17, 15) is 4.79 Å². The van der Waals surface area contributed by atoms with E-state index in [1.54, 1.807) is 42.5 Å². The Morgan fingerprint density at radius 1 is 1.12 bits per heavy atom. The van der Waals surface area contributed by atoms with Crippen LogP contribution in [0.25, 0.3) is 0 Å². The number of nitriles is 1. The number of carbonyl (C=O) groups is 1. The van der Waals surface area contributed by atoms with Crippen molar-refractivity contribution in [1.29, 1.82) is 5.26 Å². The lowest BCUT2D eigenvalue weighted by molar-refractivity contribution is -0.112. The number of benzene rings is 2. The summed E-state index contributed by atoms with van der Waals surface area (Å²) in [7, 11) is 0. The Hall–Kier alpha value is -3.66. The van der Waals surface area contributed by atoms with Crippen molar-refractivity contribution >= 4 is 23.0 Å². The molecule has 1 aliphatic heterocycles. The van der Waals surface area contributed by atoms with E-state index in [2.05, 4.69) is 10.6 Å². The maximum atomic E-state index is 12.1.